The summed E-state index contributed by atoms with van der Waals surface area (Å²) in [6, 6.07) is 6.03. The molecule has 0 aliphatic heterocycles. The fraction of sp³-hybridized carbons (Fsp3) is 0.500. The van der Waals surface area contributed by atoms with Gasteiger partial charge in [0.2, 0.25) is 0 Å². The molecule has 0 bridgehead atoms. The van der Waals surface area contributed by atoms with E-state index in [1.54, 1.807) is 0 Å². The van der Waals surface area contributed by atoms with Crippen molar-refractivity contribution in [2.75, 3.05) is 0 Å². The summed E-state index contributed by atoms with van der Waals surface area (Å²) < 4.78 is 0. The molecule has 1 atom stereocenters. The van der Waals surface area contributed by atoms with Gasteiger partial charge in [0, 0.05) is 0 Å². The number of rotatable bonds is 4. The summed E-state index contributed by atoms with van der Waals surface area (Å²) in [7, 11) is 0. The predicted octanol–water partition coefficient (Wildman–Crippen LogP) is 3.52. The van der Waals surface area contributed by atoms with E-state index in [1.807, 2.05) is 26.0 Å². The van der Waals surface area contributed by atoms with Gasteiger partial charge in [0.15, 0.2) is 0 Å². The highest BCUT2D eigenvalue weighted by atomic mass is 16.4. The van der Waals surface area contributed by atoms with Gasteiger partial charge in [-0.25, -0.2) is 0 Å². The Kier molecular flexibility index (Phi) is 4.11. The molecule has 1 rings (SSSR count). The first-order valence-corrected chi connectivity index (χ1v) is 5.71. The Labute approximate surface area is 97.3 Å². The van der Waals surface area contributed by atoms with Crippen molar-refractivity contribution in [3.8, 4) is 0 Å². The van der Waals surface area contributed by atoms with Gasteiger partial charge < -0.3 is 5.11 Å². The second kappa shape index (κ2) is 5.15. The Hall–Kier alpha value is -1.31. The maximum absolute atomic E-state index is 11.3. The molecule has 0 aliphatic rings. The summed E-state index contributed by atoms with van der Waals surface area (Å²) in [5, 5.41) is 9.26. The zero-order chi connectivity index (χ0) is 12.3. The number of carbonyl (C=O) groups is 1. The Morgan fingerprint density at radius 1 is 1.19 bits per heavy atom. The van der Waals surface area contributed by atoms with Crippen LogP contribution in [0.5, 0.6) is 0 Å². The zero-order valence-electron chi connectivity index (χ0n) is 10.4. The number of benzene rings is 1. The maximum atomic E-state index is 11.3. The summed E-state index contributed by atoms with van der Waals surface area (Å²) in [6.07, 6.45) is 0.693. The summed E-state index contributed by atoms with van der Waals surface area (Å²) in [5.74, 6) is -0.709. The molecular formula is C14H20O2. The highest BCUT2D eigenvalue weighted by molar-refractivity contribution is 5.76. The molecule has 0 amide bonds. The van der Waals surface area contributed by atoms with E-state index < -0.39 is 5.97 Å². The van der Waals surface area contributed by atoms with E-state index in [1.165, 1.54) is 0 Å². The molecule has 0 heterocycles. The first-order valence-electron chi connectivity index (χ1n) is 5.71. The quantitative estimate of drug-likeness (QED) is 0.843. The number of hydrogen-bond acceptors (Lipinski definition) is 1. The lowest BCUT2D eigenvalue weighted by atomic mass is 9.89. The summed E-state index contributed by atoms with van der Waals surface area (Å²) in [5.41, 5.74) is 3.19. The van der Waals surface area contributed by atoms with E-state index in [-0.39, 0.29) is 5.92 Å². The van der Waals surface area contributed by atoms with Gasteiger partial charge >= 0.3 is 5.97 Å². The molecule has 1 aromatic carbocycles. The zero-order valence-corrected chi connectivity index (χ0v) is 10.4. The molecule has 1 N–H and O–H groups in total. The minimum absolute atomic E-state index is 0.376. The largest absolute Gasteiger partial charge is 0.481 e. The van der Waals surface area contributed by atoms with Crippen molar-refractivity contribution in [3.05, 3.63) is 34.9 Å². The molecule has 0 saturated heterocycles. The van der Waals surface area contributed by atoms with Crippen LogP contribution in [0.25, 0.3) is 0 Å². The van der Waals surface area contributed by atoms with E-state index in [0.29, 0.717) is 12.3 Å². The van der Waals surface area contributed by atoms with Crippen LogP contribution in [0.3, 0.4) is 0 Å². The Balaban J connectivity index is 3.05. The van der Waals surface area contributed by atoms with Gasteiger partial charge in [0.25, 0.3) is 0 Å². The molecule has 0 radical (unpaired) electrons. The van der Waals surface area contributed by atoms with Crippen molar-refractivity contribution in [2.45, 2.75) is 40.0 Å². The van der Waals surface area contributed by atoms with Crippen LogP contribution in [0.15, 0.2) is 18.2 Å². The highest BCUT2D eigenvalue weighted by Crippen LogP contribution is 2.25. The molecule has 0 spiro atoms. The van der Waals surface area contributed by atoms with E-state index in [9.17, 15) is 9.90 Å². The number of carboxylic acids is 1. The van der Waals surface area contributed by atoms with Crippen molar-refractivity contribution in [3.63, 3.8) is 0 Å². The van der Waals surface area contributed by atoms with E-state index in [0.717, 1.165) is 16.7 Å². The SMILES string of the molecule is Cc1cc(C)cc(C(CC(C)C)C(=O)O)c1. The third-order valence-corrected chi connectivity index (χ3v) is 2.65. The Morgan fingerprint density at radius 2 is 1.69 bits per heavy atom. The lowest BCUT2D eigenvalue weighted by Gasteiger charge is -2.16. The normalized spacial score (nSPS) is 12.8. The van der Waals surface area contributed by atoms with Gasteiger partial charge in [-0.2, -0.15) is 0 Å². The topological polar surface area (TPSA) is 37.3 Å². The number of hydrogen-bond donors (Lipinski definition) is 1. The van der Waals surface area contributed by atoms with Gasteiger partial charge in [-0.1, -0.05) is 43.2 Å². The van der Waals surface area contributed by atoms with Crippen LogP contribution in [0.1, 0.15) is 42.9 Å². The van der Waals surface area contributed by atoms with Gasteiger partial charge in [0.1, 0.15) is 0 Å². The lowest BCUT2D eigenvalue weighted by Crippen LogP contribution is -2.14. The van der Waals surface area contributed by atoms with Crippen LogP contribution in [-0.4, -0.2) is 11.1 Å². The van der Waals surface area contributed by atoms with Gasteiger partial charge in [-0.3, -0.25) is 4.79 Å². The minimum atomic E-state index is -0.723. The van der Waals surface area contributed by atoms with Crippen LogP contribution < -0.4 is 0 Å². The van der Waals surface area contributed by atoms with Gasteiger partial charge in [-0.05, 0) is 31.7 Å². The average molecular weight is 220 g/mol. The Morgan fingerprint density at radius 3 is 2.06 bits per heavy atom. The van der Waals surface area contributed by atoms with E-state index in [2.05, 4.69) is 19.9 Å². The Bertz CT molecular complexity index is 360. The molecular weight excluding hydrogens is 200 g/mol. The van der Waals surface area contributed by atoms with Crippen molar-refractivity contribution in [2.24, 2.45) is 5.92 Å². The molecule has 0 saturated carbocycles. The van der Waals surface area contributed by atoms with Crippen LogP contribution in [0.4, 0.5) is 0 Å². The lowest BCUT2D eigenvalue weighted by molar-refractivity contribution is -0.139. The van der Waals surface area contributed by atoms with Crippen molar-refractivity contribution in [1.82, 2.24) is 0 Å². The number of aryl methyl sites for hydroxylation is 2. The van der Waals surface area contributed by atoms with Crippen LogP contribution >= 0.6 is 0 Å². The summed E-state index contributed by atoms with van der Waals surface area (Å²) in [6.45, 7) is 8.12. The highest BCUT2D eigenvalue weighted by Gasteiger charge is 2.21. The van der Waals surface area contributed by atoms with Crippen molar-refractivity contribution in [1.29, 1.82) is 0 Å². The predicted molar refractivity (Wildman–Crippen MR) is 65.7 cm³/mol. The second-order valence-electron chi connectivity index (χ2n) is 4.94. The van der Waals surface area contributed by atoms with Crippen LogP contribution in [-0.2, 0) is 4.79 Å². The molecule has 0 aromatic heterocycles. The van der Waals surface area contributed by atoms with E-state index >= 15 is 0 Å². The fourth-order valence-corrected chi connectivity index (χ4v) is 2.06. The van der Waals surface area contributed by atoms with Crippen molar-refractivity contribution < 1.29 is 9.90 Å². The van der Waals surface area contributed by atoms with Crippen LogP contribution in [0, 0.1) is 19.8 Å². The van der Waals surface area contributed by atoms with Gasteiger partial charge in [0.05, 0.1) is 5.92 Å². The molecule has 1 unspecified atom stereocenters. The molecule has 0 aliphatic carbocycles. The van der Waals surface area contributed by atoms with Crippen molar-refractivity contribution >= 4 is 5.97 Å². The first kappa shape index (κ1) is 12.8. The molecule has 1 aromatic rings. The molecule has 2 nitrogen and oxygen atoms in total. The summed E-state index contributed by atoms with van der Waals surface area (Å²) >= 11 is 0. The number of carboxylic acid groups (broad SMARTS) is 1. The molecule has 88 valence electrons. The maximum Gasteiger partial charge on any atom is 0.310 e. The third-order valence-electron chi connectivity index (χ3n) is 2.65. The number of aliphatic carboxylic acids is 1. The summed E-state index contributed by atoms with van der Waals surface area (Å²) in [4.78, 5) is 11.3. The monoisotopic (exact) mass is 220 g/mol. The molecule has 2 heteroatoms. The second-order valence-corrected chi connectivity index (χ2v) is 4.94. The molecule has 0 fully saturated rings. The van der Waals surface area contributed by atoms with E-state index in [4.69, 9.17) is 0 Å². The third kappa shape index (κ3) is 3.37. The average Bonchev–Trinajstić information content (AvgIpc) is 2.11. The fourth-order valence-electron chi connectivity index (χ4n) is 2.06. The van der Waals surface area contributed by atoms with Crippen LogP contribution in [0.2, 0.25) is 0 Å². The smallest absolute Gasteiger partial charge is 0.310 e. The van der Waals surface area contributed by atoms with Gasteiger partial charge in [-0.15, -0.1) is 0 Å². The minimum Gasteiger partial charge on any atom is -0.481 e. The standard InChI is InChI=1S/C14H20O2/c1-9(2)5-13(14(15)16)12-7-10(3)6-11(4)8-12/h6-9,13H,5H2,1-4H3,(H,15,16). The molecule has 16 heavy (non-hydrogen) atoms. The first-order chi connectivity index (χ1) is 7.40.